The highest BCUT2D eigenvalue weighted by atomic mass is 19.4. The molecule has 4 nitrogen and oxygen atoms in total. The molecule has 7 aromatic carbocycles. The molecular weight excluding hydrogens is 739 g/mol. The van der Waals surface area contributed by atoms with Crippen LogP contribution in [0, 0.1) is 0 Å². The van der Waals surface area contributed by atoms with Gasteiger partial charge in [0.05, 0.1) is 45.3 Å². The Hall–Kier alpha value is -6.68. The highest BCUT2D eigenvalue weighted by Gasteiger charge is 2.38. The molecule has 0 saturated heterocycles. The number of halogens is 6. The first-order valence-electron chi connectivity index (χ1n) is 18.3. The molecule has 2 aliphatic heterocycles. The number of ether oxygens (including phenoxy) is 2. The van der Waals surface area contributed by atoms with Gasteiger partial charge in [0, 0.05) is 16.7 Å². The normalized spacial score (nSPS) is 13.3. The van der Waals surface area contributed by atoms with Gasteiger partial charge < -0.3 is 19.3 Å². The van der Waals surface area contributed by atoms with Crippen LogP contribution in [0.2, 0.25) is 0 Å². The second-order valence-corrected chi connectivity index (χ2v) is 14.1. The van der Waals surface area contributed by atoms with E-state index in [1.54, 1.807) is 18.2 Å². The van der Waals surface area contributed by atoms with Crippen LogP contribution in [0.1, 0.15) is 36.5 Å². The van der Waals surface area contributed by atoms with Gasteiger partial charge in [-0.1, -0.05) is 86.6 Å². The summed E-state index contributed by atoms with van der Waals surface area (Å²) in [6.07, 6.45) is -9.33. The van der Waals surface area contributed by atoms with E-state index in [0.29, 0.717) is 73.8 Å². The summed E-state index contributed by atoms with van der Waals surface area (Å²) >= 11 is 0. The number of hydrogen-bond acceptors (Lipinski definition) is 4. The lowest BCUT2D eigenvalue weighted by atomic mass is 9.84. The van der Waals surface area contributed by atoms with Crippen LogP contribution in [0.25, 0.3) is 22.3 Å². The van der Waals surface area contributed by atoms with Crippen LogP contribution in [-0.4, -0.2) is 0 Å². The van der Waals surface area contributed by atoms with Crippen LogP contribution in [0.4, 0.5) is 60.5 Å². The number of hydrogen-bond donors (Lipinski definition) is 0. The maximum atomic E-state index is 14.5. The van der Waals surface area contributed by atoms with Gasteiger partial charge in [-0.05, 0) is 95.9 Å². The zero-order chi connectivity index (χ0) is 39.6. The van der Waals surface area contributed by atoms with Crippen molar-refractivity contribution in [2.45, 2.75) is 32.1 Å². The van der Waals surface area contributed by atoms with Crippen molar-refractivity contribution >= 4 is 34.1 Å². The Labute approximate surface area is 324 Å². The minimum atomic E-state index is -4.67. The molecule has 0 radical (unpaired) electrons. The molecule has 7 aromatic rings. The third kappa shape index (κ3) is 6.21. The molecule has 2 aliphatic rings. The molecule has 0 unspecified atom stereocenters. The summed E-state index contributed by atoms with van der Waals surface area (Å²) in [6, 6.07) is 41.4. The van der Waals surface area contributed by atoms with Crippen LogP contribution in [-0.2, 0) is 12.4 Å². The van der Waals surface area contributed by atoms with E-state index in [0.717, 1.165) is 24.3 Å². The van der Waals surface area contributed by atoms with Gasteiger partial charge in [-0.2, -0.15) is 26.3 Å². The Balaban J connectivity index is 1.50. The Morgan fingerprint density at radius 1 is 0.421 bits per heavy atom. The van der Waals surface area contributed by atoms with Crippen molar-refractivity contribution in [1.82, 2.24) is 0 Å². The Bertz CT molecular complexity index is 2420. The van der Waals surface area contributed by atoms with E-state index in [9.17, 15) is 26.3 Å². The fraction of sp³-hybridized carbons (Fsp3) is 0.106. The zero-order valence-corrected chi connectivity index (χ0v) is 30.5. The number of anilines is 6. The first-order valence-corrected chi connectivity index (χ1v) is 18.3. The molecule has 0 fully saturated rings. The van der Waals surface area contributed by atoms with Gasteiger partial charge >= 0.3 is 12.4 Å². The Kier molecular flexibility index (Phi) is 8.53. The average molecular weight is 771 g/mol. The number of benzene rings is 7. The van der Waals surface area contributed by atoms with Gasteiger partial charge in [-0.25, -0.2) is 0 Å². The highest BCUT2D eigenvalue weighted by Crippen LogP contribution is 2.61. The van der Waals surface area contributed by atoms with E-state index in [1.807, 2.05) is 121 Å². The third-order valence-corrected chi connectivity index (χ3v) is 10.2. The SMILES string of the molecule is CC(C)c1c(N2c3ccccc3Oc3ccccc32)c(-c2cccc(C(F)(F)F)c2)cc(-c2cccc(C(F)(F)F)c2)c1N1c2ccccc2Oc2ccccc21. The van der Waals surface area contributed by atoms with Crippen LogP contribution in [0.3, 0.4) is 0 Å². The number of para-hydroxylation sites is 8. The molecule has 9 rings (SSSR count). The van der Waals surface area contributed by atoms with Crippen LogP contribution in [0.5, 0.6) is 23.0 Å². The van der Waals surface area contributed by atoms with Crippen molar-refractivity contribution in [3.8, 4) is 45.3 Å². The smallest absolute Gasteiger partial charge is 0.416 e. The van der Waals surface area contributed by atoms with Crippen molar-refractivity contribution in [1.29, 1.82) is 0 Å². The van der Waals surface area contributed by atoms with Crippen molar-refractivity contribution < 1.29 is 35.8 Å². The molecule has 2 heterocycles. The van der Waals surface area contributed by atoms with Gasteiger partial charge in [0.15, 0.2) is 23.0 Å². The molecule has 57 heavy (non-hydrogen) atoms. The Morgan fingerprint density at radius 3 is 1.07 bits per heavy atom. The van der Waals surface area contributed by atoms with Gasteiger partial charge in [0.1, 0.15) is 0 Å². The first kappa shape index (κ1) is 36.0. The maximum Gasteiger partial charge on any atom is 0.416 e. The molecule has 0 spiro atoms. The van der Waals surface area contributed by atoms with Crippen LogP contribution < -0.4 is 19.3 Å². The predicted octanol–water partition coefficient (Wildman–Crippen LogP) is 15.3. The molecular formula is C47H32F6N2O2. The topological polar surface area (TPSA) is 24.9 Å². The average Bonchev–Trinajstić information content (AvgIpc) is 3.20. The monoisotopic (exact) mass is 770 g/mol. The van der Waals surface area contributed by atoms with Gasteiger partial charge in [-0.15, -0.1) is 0 Å². The molecule has 0 saturated carbocycles. The minimum absolute atomic E-state index is 0.228. The molecule has 0 atom stereocenters. The molecule has 0 bridgehead atoms. The second kappa shape index (κ2) is 13.5. The first-order chi connectivity index (χ1) is 27.4. The number of nitrogens with zero attached hydrogens (tertiary/aromatic N) is 2. The maximum absolute atomic E-state index is 14.5. The highest BCUT2D eigenvalue weighted by molar-refractivity contribution is 6.04. The summed E-state index contributed by atoms with van der Waals surface area (Å²) in [4.78, 5) is 3.99. The Morgan fingerprint density at radius 2 is 0.754 bits per heavy atom. The number of rotatable bonds is 5. The van der Waals surface area contributed by atoms with Gasteiger partial charge in [0.25, 0.3) is 0 Å². The lowest BCUT2D eigenvalue weighted by molar-refractivity contribution is -0.138. The van der Waals surface area contributed by atoms with Gasteiger partial charge in [-0.3, -0.25) is 0 Å². The van der Waals surface area contributed by atoms with Crippen LogP contribution >= 0.6 is 0 Å². The molecule has 10 heteroatoms. The van der Waals surface area contributed by atoms with Crippen molar-refractivity contribution in [2.75, 3.05) is 9.80 Å². The summed E-state index contributed by atoms with van der Waals surface area (Å²) in [5.74, 6) is 1.71. The van der Waals surface area contributed by atoms with Crippen LogP contribution in [0.15, 0.2) is 152 Å². The summed E-state index contributed by atoms with van der Waals surface area (Å²) < 4.78 is 99.6. The number of fused-ring (bicyclic) bond motifs is 4. The summed E-state index contributed by atoms with van der Waals surface area (Å²) in [6.45, 7) is 3.95. The zero-order valence-electron chi connectivity index (χ0n) is 30.5. The third-order valence-electron chi connectivity index (χ3n) is 10.2. The quantitative estimate of drug-likeness (QED) is 0.163. The lowest BCUT2D eigenvalue weighted by Gasteiger charge is -2.40. The molecule has 0 aliphatic carbocycles. The minimum Gasteiger partial charge on any atom is -0.453 e. The fourth-order valence-corrected chi connectivity index (χ4v) is 7.77. The number of alkyl halides is 6. The van der Waals surface area contributed by atoms with E-state index >= 15 is 0 Å². The largest absolute Gasteiger partial charge is 0.453 e. The summed E-state index contributed by atoms with van der Waals surface area (Å²) in [7, 11) is 0. The second-order valence-electron chi connectivity index (χ2n) is 14.1. The molecule has 0 amide bonds. The van der Waals surface area contributed by atoms with E-state index in [2.05, 4.69) is 0 Å². The standard InChI is InChI=1S/C47H32F6N2O2/c1-28(2)43-44(54-35-17-3-7-21-39(35)56-40-22-8-4-18-36(40)54)33(29-13-11-15-31(25-29)46(48,49)50)27-34(30-14-12-16-32(26-30)47(51,52)53)45(43)55-37-19-5-9-23-41(37)57-42-24-10-6-20-38(42)55/h3-28H,1-2H3. The van der Waals surface area contributed by atoms with Gasteiger partial charge in [0.2, 0.25) is 0 Å². The van der Waals surface area contributed by atoms with E-state index in [-0.39, 0.29) is 17.0 Å². The summed E-state index contributed by atoms with van der Waals surface area (Å²) in [5, 5.41) is 0. The van der Waals surface area contributed by atoms with E-state index in [1.165, 1.54) is 12.1 Å². The molecule has 284 valence electrons. The van der Waals surface area contributed by atoms with Crippen molar-refractivity contribution in [3.05, 3.63) is 168 Å². The van der Waals surface area contributed by atoms with Crippen molar-refractivity contribution in [2.24, 2.45) is 0 Å². The fourth-order valence-electron chi connectivity index (χ4n) is 7.77. The molecule has 0 N–H and O–H groups in total. The van der Waals surface area contributed by atoms with E-state index < -0.39 is 23.5 Å². The van der Waals surface area contributed by atoms with Crippen molar-refractivity contribution in [3.63, 3.8) is 0 Å². The molecule has 0 aromatic heterocycles. The summed E-state index contributed by atoms with van der Waals surface area (Å²) in [5.41, 5.74) is 3.76. The lowest BCUT2D eigenvalue weighted by Crippen LogP contribution is -2.23. The van der Waals surface area contributed by atoms with E-state index in [4.69, 9.17) is 9.47 Å². The predicted molar refractivity (Wildman–Crippen MR) is 211 cm³/mol.